The maximum atomic E-state index is 8.72. The van der Waals surface area contributed by atoms with E-state index in [1.807, 2.05) is 75.4 Å². The van der Waals surface area contributed by atoms with Crippen LogP contribution in [0, 0.1) is 19.3 Å². The van der Waals surface area contributed by atoms with E-state index < -0.39 is 0 Å². The van der Waals surface area contributed by atoms with Crippen molar-refractivity contribution in [3.63, 3.8) is 0 Å². The highest BCUT2D eigenvalue weighted by molar-refractivity contribution is 6.12. The van der Waals surface area contributed by atoms with E-state index >= 15 is 0 Å². The number of aliphatic imine (C=N–C) groups is 2. The maximum absolute atomic E-state index is 8.72. The number of nitrogens with two attached hydrogens (primary N) is 1. The second-order valence-electron chi connectivity index (χ2n) is 14.6. The number of hydrogen-bond donors (Lipinski definition) is 2. The SMILES string of the molecule is C=NC(=NC(=N)c1ccccc1)c1cc(-c2ccc3cc(/C(N)=c4\cccc\c4=C4/C=CC=CC4)ccc3c2)cc(-c2cccc(C)c2/C=C\C)c1.CC.Cc1ccccc1. The molecule has 61 heavy (non-hydrogen) atoms. The Kier molecular flexibility index (Phi) is 14.9. The zero-order chi connectivity index (χ0) is 43.1. The Morgan fingerprint density at radius 3 is 2.03 bits per heavy atom. The molecule has 0 bridgehead atoms. The summed E-state index contributed by atoms with van der Waals surface area (Å²) in [5.41, 5.74) is 19.3. The molecule has 0 aliphatic heterocycles. The molecule has 0 fully saturated rings. The third-order valence-corrected chi connectivity index (χ3v) is 10.4. The predicted molar refractivity (Wildman–Crippen MR) is 265 cm³/mol. The number of aryl methyl sites for hydroxylation is 2. The molecule has 1 aliphatic rings. The van der Waals surface area contributed by atoms with Crippen molar-refractivity contribution in [2.45, 2.75) is 41.0 Å². The average molecular weight is 795 g/mol. The van der Waals surface area contributed by atoms with Crippen LogP contribution in [0.2, 0.25) is 0 Å². The number of fused-ring (bicyclic) bond motifs is 1. The van der Waals surface area contributed by atoms with Crippen molar-refractivity contribution >= 4 is 46.5 Å². The van der Waals surface area contributed by atoms with Crippen molar-refractivity contribution in [3.8, 4) is 22.3 Å². The van der Waals surface area contributed by atoms with Crippen LogP contribution in [0.5, 0.6) is 0 Å². The van der Waals surface area contributed by atoms with Gasteiger partial charge in [-0.1, -0.05) is 183 Å². The lowest BCUT2D eigenvalue weighted by Gasteiger charge is -2.15. The van der Waals surface area contributed by atoms with Gasteiger partial charge in [0.1, 0.15) is 0 Å². The number of hydrogen-bond acceptors (Lipinski definition) is 2. The third kappa shape index (κ3) is 10.6. The largest absolute Gasteiger partial charge is 0.398 e. The second kappa shape index (κ2) is 21.0. The summed E-state index contributed by atoms with van der Waals surface area (Å²) in [5.74, 6) is 0.526. The molecular formula is C57H54N4. The quantitative estimate of drug-likeness (QED) is 0.128. The second-order valence-corrected chi connectivity index (χ2v) is 14.6. The molecule has 3 N–H and O–H groups in total. The smallest absolute Gasteiger partial charge is 0.161 e. The van der Waals surface area contributed by atoms with Crippen molar-refractivity contribution in [1.82, 2.24) is 0 Å². The summed E-state index contributed by atoms with van der Waals surface area (Å²) in [6.07, 6.45) is 13.6. The molecule has 0 amide bonds. The molecule has 0 saturated heterocycles. The van der Waals surface area contributed by atoms with Crippen LogP contribution in [0.1, 0.15) is 60.6 Å². The lowest BCUT2D eigenvalue weighted by Crippen LogP contribution is -2.31. The minimum atomic E-state index is 0.131. The standard InChI is InChI=1S/C48H40N4.C7H8.C2H6/c1-4-14-42-32(2)15-13-22-44(42)40-29-39(30-41(31-40)48(51-3)52-47(50)34-18-9-6-10-19-34)37-24-23-36-28-38(26-25-35(36)27-37)46(49)45-21-12-11-20-43(45)33-16-7-5-8-17-33;1-7-5-3-2-4-6-7;1-2/h4-16,18-31,50H,3,17,49H2,1-2H3;2-6H,1H3;1-2H3/b14-4-,43-33-,46-45-,50-47?,52-48?;;. The molecule has 1 aliphatic carbocycles. The maximum Gasteiger partial charge on any atom is 0.161 e. The number of allylic oxidation sites excluding steroid dienone is 5. The molecule has 4 heteroatoms. The number of nitrogens with one attached hydrogen (secondary N) is 1. The normalized spacial score (nSPS) is 13.5. The summed E-state index contributed by atoms with van der Waals surface area (Å²) in [6, 6.07) is 53.9. The van der Waals surface area contributed by atoms with Crippen LogP contribution in [-0.2, 0) is 0 Å². The Morgan fingerprint density at radius 2 is 1.34 bits per heavy atom. The molecule has 0 atom stereocenters. The van der Waals surface area contributed by atoms with Gasteiger partial charge in [0.15, 0.2) is 11.7 Å². The van der Waals surface area contributed by atoms with Crippen LogP contribution in [0.15, 0.2) is 198 Å². The van der Waals surface area contributed by atoms with Gasteiger partial charge < -0.3 is 5.73 Å². The molecule has 302 valence electrons. The fourth-order valence-electron chi connectivity index (χ4n) is 7.35. The summed E-state index contributed by atoms with van der Waals surface area (Å²) in [4.78, 5) is 8.98. The highest BCUT2D eigenvalue weighted by Gasteiger charge is 2.14. The van der Waals surface area contributed by atoms with Gasteiger partial charge in [-0.3, -0.25) is 5.41 Å². The minimum Gasteiger partial charge on any atom is -0.398 e. The van der Waals surface area contributed by atoms with Gasteiger partial charge in [0.05, 0.1) is 0 Å². The lowest BCUT2D eigenvalue weighted by atomic mass is 9.90. The van der Waals surface area contributed by atoms with E-state index in [4.69, 9.17) is 11.1 Å². The summed E-state index contributed by atoms with van der Waals surface area (Å²) in [6.45, 7) is 14.1. The number of benzene rings is 7. The molecule has 7 aromatic carbocycles. The van der Waals surface area contributed by atoms with E-state index in [2.05, 4.69) is 170 Å². The van der Waals surface area contributed by atoms with Crippen molar-refractivity contribution in [3.05, 3.63) is 232 Å². The molecule has 0 heterocycles. The highest BCUT2D eigenvalue weighted by atomic mass is 14.9. The Hall–Kier alpha value is -7.43. The Morgan fingerprint density at radius 1 is 0.656 bits per heavy atom. The average Bonchev–Trinajstić information content (AvgIpc) is 3.32. The van der Waals surface area contributed by atoms with E-state index in [0.29, 0.717) is 11.4 Å². The van der Waals surface area contributed by atoms with Crippen molar-refractivity contribution < 1.29 is 0 Å². The molecule has 0 spiro atoms. The number of amidine groups is 2. The zero-order valence-corrected chi connectivity index (χ0v) is 35.9. The summed E-state index contributed by atoms with van der Waals surface area (Å²) < 4.78 is 0. The monoisotopic (exact) mass is 794 g/mol. The van der Waals surface area contributed by atoms with E-state index in [0.717, 1.165) is 72.3 Å². The van der Waals surface area contributed by atoms with Gasteiger partial charge >= 0.3 is 0 Å². The Balaban J connectivity index is 0.000000621. The van der Waals surface area contributed by atoms with Crippen LogP contribution < -0.4 is 16.2 Å². The van der Waals surface area contributed by atoms with Gasteiger partial charge in [-0.05, 0) is 125 Å². The van der Waals surface area contributed by atoms with E-state index in [1.54, 1.807) is 0 Å². The molecule has 0 unspecified atom stereocenters. The van der Waals surface area contributed by atoms with Gasteiger partial charge in [0, 0.05) is 22.0 Å². The van der Waals surface area contributed by atoms with E-state index in [-0.39, 0.29) is 5.84 Å². The minimum absolute atomic E-state index is 0.131. The van der Waals surface area contributed by atoms with E-state index in [9.17, 15) is 0 Å². The van der Waals surface area contributed by atoms with Crippen LogP contribution in [-0.4, -0.2) is 18.4 Å². The summed E-state index contributed by atoms with van der Waals surface area (Å²) >= 11 is 0. The van der Waals surface area contributed by atoms with Gasteiger partial charge in [-0.15, -0.1) is 0 Å². The lowest BCUT2D eigenvalue weighted by molar-refractivity contribution is 1.33. The Labute approximate surface area is 361 Å². The van der Waals surface area contributed by atoms with Gasteiger partial charge in [-0.25, -0.2) is 9.98 Å². The zero-order valence-electron chi connectivity index (χ0n) is 35.9. The van der Waals surface area contributed by atoms with E-state index in [1.165, 1.54) is 16.7 Å². The van der Waals surface area contributed by atoms with Crippen LogP contribution in [0.4, 0.5) is 0 Å². The molecule has 4 nitrogen and oxygen atoms in total. The fraction of sp³-hybridized carbons (Fsp3) is 0.105. The molecule has 0 aromatic heterocycles. The van der Waals surface area contributed by atoms with Crippen molar-refractivity contribution in [2.24, 2.45) is 15.7 Å². The third-order valence-electron chi connectivity index (χ3n) is 10.4. The fourth-order valence-corrected chi connectivity index (χ4v) is 7.35. The first-order chi connectivity index (χ1) is 29.8. The van der Waals surface area contributed by atoms with Crippen LogP contribution >= 0.6 is 0 Å². The van der Waals surface area contributed by atoms with Crippen LogP contribution in [0.25, 0.3) is 50.4 Å². The molecule has 7 aromatic rings. The van der Waals surface area contributed by atoms with Crippen molar-refractivity contribution in [1.29, 1.82) is 5.41 Å². The number of nitrogens with zero attached hydrogens (tertiary/aromatic N) is 2. The Bertz CT molecular complexity index is 2910. The molecule has 0 saturated carbocycles. The summed E-state index contributed by atoms with van der Waals surface area (Å²) in [7, 11) is 0. The van der Waals surface area contributed by atoms with Gasteiger partial charge in [-0.2, -0.15) is 0 Å². The summed E-state index contributed by atoms with van der Waals surface area (Å²) in [5, 5.41) is 13.1. The van der Waals surface area contributed by atoms with Gasteiger partial charge in [0.2, 0.25) is 0 Å². The van der Waals surface area contributed by atoms with Gasteiger partial charge in [0.25, 0.3) is 0 Å². The topological polar surface area (TPSA) is 74.6 Å². The molecular weight excluding hydrogens is 741 g/mol. The number of rotatable bonds is 6. The highest BCUT2D eigenvalue weighted by Crippen LogP contribution is 2.34. The van der Waals surface area contributed by atoms with Crippen molar-refractivity contribution in [2.75, 3.05) is 0 Å². The predicted octanol–water partition coefficient (Wildman–Crippen LogP) is 12.8. The first-order valence-electron chi connectivity index (χ1n) is 20.9. The first kappa shape index (κ1) is 43.2. The first-order valence-corrected chi connectivity index (χ1v) is 20.9. The molecule has 8 rings (SSSR count). The molecule has 0 radical (unpaired) electrons. The van der Waals surface area contributed by atoms with Crippen LogP contribution in [0.3, 0.4) is 0 Å².